The topological polar surface area (TPSA) is 49.3 Å². The quantitative estimate of drug-likeness (QED) is 0.794. The summed E-state index contributed by atoms with van der Waals surface area (Å²) in [5.74, 6) is 0.898. The maximum atomic E-state index is 12.1. The lowest BCUT2D eigenvalue weighted by Crippen LogP contribution is -2.30. The Morgan fingerprint density at radius 2 is 2.00 bits per heavy atom. The standard InChI is InChI=1S/C16H25NO2/c1-12(2)10-14(8-9-18)11-17-16(19)15-7-5-4-6-13(15)3/h4-7,12,14,18H,8-11H2,1-3H3,(H,17,19). The summed E-state index contributed by atoms with van der Waals surface area (Å²) in [6.07, 6.45) is 1.76. The average Bonchev–Trinajstić information content (AvgIpc) is 2.36. The van der Waals surface area contributed by atoms with Crippen LogP contribution < -0.4 is 5.32 Å². The van der Waals surface area contributed by atoms with E-state index < -0.39 is 0 Å². The SMILES string of the molecule is Cc1ccccc1C(=O)NCC(CCO)CC(C)C. The number of benzene rings is 1. The van der Waals surface area contributed by atoms with Crippen LogP contribution in [0.25, 0.3) is 0 Å². The summed E-state index contributed by atoms with van der Waals surface area (Å²) in [6, 6.07) is 7.59. The molecule has 0 saturated carbocycles. The van der Waals surface area contributed by atoms with Crippen molar-refractivity contribution in [3.63, 3.8) is 0 Å². The molecule has 0 aliphatic carbocycles. The van der Waals surface area contributed by atoms with Crippen molar-refractivity contribution in [2.75, 3.05) is 13.2 Å². The van der Waals surface area contributed by atoms with Gasteiger partial charge in [-0.1, -0.05) is 32.0 Å². The third-order valence-corrected chi connectivity index (χ3v) is 3.28. The summed E-state index contributed by atoms with van der Waals surface area (Å²) >= 11 is 0. The van der Waals surface area contributed by atoms with Crippen LogP contribution in [-0.4, -0.2) is 24.2 Å². The Kier molecular flexibility index (Phi) is 6.57. The summed E-state index contributed by atoms with van der Waals surface area (Å²) in [5.41, 5.74) is 1.72. The number of aryl methyl sites for hydroxylation is 1. The van der Waals surface area contributed by atoms with E-state index in [1.807, 2.05) is 31.2 Å². The van der Waals surface area contributed by atoms with Crippen LogP contribution in [0.15, 0.2) is 24.3 Å². The van der Waals surface area contributed by atoms with Crippen molar-refractivity contribution in [3.8, 4) is 0 Å². The van der Waals surface area contributed by atoms with Gasteiger partial charge in [-0.2, -0.15) is 0 Å². The zero-order valence-corrected chi connectivity index (χ0v) is 12.1. The Labute approximate surface area is 116 Å². The average molecular weight is 263 g/mol. The van der Waals surface area contributed by atoms with E-state index in [1.54, 1.807) is 0 Å². The molecule has 0 aromatic heterocycles. The summed E-state index contributed by atoms with van der Waals surface area (Å²) in [7, 11) is 0. The molecule has 1 aromatic rings. The van der Waals surface area contributed by atoms with Crippen molar-refractivity contribution in [1.29, 1.82) is 0 Å². The maximum Gasteiger partial charge on any atom is 0.251 e. The maximum absolute atomic E-state index is 12.1. The van der Waals surface area contributed by atoms with Crippen molar-refractivity contribution in [2.45, 2.75) is 33.6 Å². The first-order chi connectivity index (χ1) is 9.04. The Balaban J connectivity index is 2.54. The van der Waals surface area contributed by atoms with E-state index in [2.05, 4.69) is 19.2 Å². The summed E-state index contributed by atoms with van der Waals surface area (Å²) in [5, 5.41) is 12.0. The molecule has 1 aromatic carbocycles. The molecule has 0 aliphatic heterocycles. The van der Waals surface area contributed by atoms with E-state index >= 15 is 0 Å². The molecule has 2 N–H and O–H groups in total. The van der Waals surface area contributed by atoms with Crippen LogP contribution in [0.4, 0.5) is 0 Å². The highest BCUT2D eigenvalue weighted by Gasteiger charge is 2.13. The van der Waals surface area contributed by atoms with Gasteiger partial charge in [-0.05, 0) is 43.2 Å². The predicted octanol–water partition coefficient (Wildman–Crippen LogP) is 2.77. The molecule has 0 radical (unpaired) electrons. The number of amides is 1. The lowest BCUT2D eigenvalue weighted by Gasteiger charge is -2.19. The number of rotatable bonds is 7. The fourth-order valence-electron chi connectivity index (χ4n) is 2.31. The van der Waals surface area contributed by atoms with Crippen molar-refractivity contribution in [3.05, 3.63) is 35.4 Å². The summed E-state index contributed by atoms with van der Waals surface area (Å²) < 4.78 is 0. The van der Waals surface area contributed by atoms with Crippen LogP contribution >= 0.6 is 0 Å². The van der Waals surface area contributed by atoms with E-state index in [1.165, 1.54) is 0 Å². The first kappa shape index (κ1) is 15.7. The molecule has 3 heteroatoms. The number of hydrogen-bond donors (Lipinski definition) is 2. The van der Waals surface area contributed by atoms with E-state index in [0.29, 0.717) is 18.4 Å². The minimum atomic E-state index is -0.0233. The monoisotopic (exact) mass is 263 g/mol. The van der Waals surface area contributed by atoms with Crippen molar-refractivity contribution >= 4 is 5.91 Å². The van der Waals surface area contributed by atoms with Gasteiger partial charge in [0.15, 0.2) is 0 Å². The zero-order chi connectivity index (χ0) is 14.3. The number of aliphatic hydroxyl groups excluding tert-OH is 1. The first-order valence-electron chi connectivity index (χ1n) is 6.99. The van der Waals surface area contributed by atoms with E-state index in [0.717, 1.165) is 24.0 Å². The number of hydrogen-bond acceptors (Lipinski definition) is 2. The van der Waals surface area contributed by atoms with E-state index in [-0.39, 0.29) is 12.5 Å². The molecule has 1 rings (SSSR count). The normalized spacial score (nSPS) is 12.5. The molecule has 0 fully saturated rings. The van der Waals surface area contributed by atoms with Crippen LogP contribution in [-0.2, 0) is 0 Å². The van der Waals surface area contributed by atoms with E-state index in [9.17, 15) is 4.79 Å². The summed E-state index contributed by atoms with van der Waals surface area (Å²) in [6.45, 7) is 7.07. The number of carbonyl (C=O) groups is 1. The molecule has 0 heterocycles. The van der Waals surface area contributed by atoms with Crippen molar-refractivity contribution in [1.82, 2.24) is 5.32 Å². The molecule has 0 bridgehead atoms. The lowest BCUT2D eigenvalue weighted by molar-refractivity contribution is 0.0940. The lowest BCUT2D eigenvalue weighted by atomic mass is 9.94. The number of aliphatic hydroxyl groups is 1. The minimum Gasteiger partial charge on any atom is -0.396 e. The largest absolute Gasteiger partial charge is 0.396 e. The molecule has 0 spiro atoms. The molecule has 1 amide bonds. The molecule has 0 saturated heterocycles. The highest BCUT2D eigenvalue weighted by molar-refractivity contribution is 5.95. The molecule has 19 heavy (non-hydrogen) atoms. The number of carbonyl (C=O) groups excluding carboxylic acids is 1. The fraction of sp³-hybridized carbons (Fsp3) is 0.562. The molecule has 106 valence electrons. The fourth-order valence-corrected chi connectivity index (χ4v) is 2.31. The van der Waals surface area contributed by atoms with Crippen LogP contribution in [0.2, 0.25) is 0 Å². The number of nitrogens with one attached hydrogen (secondary N) is 1. The third-order valence-electron chi connectivity index (χ3n) is 3.28. The molecule has 1 atom stereocenters. The van der Waals surface area contributed by atoms with Gasteiger partial charge in [0.2, 0.25) is 0 Å². The Hall–Kier alpha value is -1.35. The van der Waals surface area contributed by atoms with Crippen molar-refractivity contribution < 1.29 is 9.90 Å². The van der Waals surface area contributed by atoms with Gasteiger partial charge in [0.05, 0.1) is 0 Å². The van der Waals surface area contributed by atoms with Gasteiger partial charge < -0.3 is 10.4 Å². The van der Waals surface area contributed by atoms with Crippen LogP contribution in [0.5, 0.6) is 0 Å². The second kappa shape index (κ2) is 7.95. The first-order valence-corrected chi connectivity index (χ1v) is 6.99. The van der Waals surface area contributed by atoms with E-state index in [4.69, 9.17) is 5.11 Å². The Bertz CT molecular complexity index is 401. The molecule has 1 unspecified atom stereocenters. The summed E-state index contributed by atoms with van der Waals surface area (Å²) in [4.78, 5) is 12.1. The minimum absolute atomic E-state index is 0.0233. The Morgan fingerprint density at radius 3 is 2.58 bits per heavy atom. The third kappa shape index (κ3) is 5.43. The smallest absolute Gasteiger partial charge is 0.251 e. The Morgan fingerprint density at radius 1 is 1.32 bits per heavy atom. The molecule has 3 nitrogen and oxygen atoms in total. The molecular formula is C16H25NO2. The highest BCUT2D eigenvalue weighted by atomic mass is 16.3. The highest BCUT2D eigenvalue weighted by Crippen LogP contribution is 2.15. The van der Waals surface area contributed by atoms with Gasteiger partial charge in [-0.25, -0.2) is 0 Å². The second-order valence-electron chi connectivity index (χ2n) is 5.53. The van der Waals surface area contributed by atoms with Crippen LogP contribution in [0.1, 0.15) is 42.6 Å². The van der Waals surface area contributed by atoms with Gasteiger partial charge in [0.1, 0.15) is 0 Å². The van der Waals surface area contributed by atoms with Crippen molar-refractivity contribution in [2.24, 2.45) is 11.8 Å². The van der Waals surface area contributed by atoms with Crippen LogP contribution in [0.3, 0.4) is 0 Å². The van der Waals surface area contributed by atoms with Gasteiger partial charge in [0, 0.05) is 18.7 Å². The zero-order valence-electron chi connectivity index (χ0n) is 12.1. The van der Waals surface area contributed by atoms with Gasteiger partial charge in [-0.15, -0.1) is 0 Å². The van der Waals surface area contributed by atoms with Gasteiger partial charge >= 0.3 is 0 Å². The van der Waals surface area contributed by atoms with Gasteiger partial charge in [-0.3, -0.25) is 4.79 Å². The van der Waals surface area contributed by atoms with Gasteiger partial charge in [0.25, 0.3) is 5.91 Å². The molecule has 0 aliphatic rings. The van der Waals surface area contributed by atoms with Crippen LogP contribution in [0, 0.1) is 18.8 Å². The molecular weight excluding hydrogens is 238 g/mol. The predicted molar refractivity (Wildman–Crippen MR) is 78.2 cm³/mol. The second-order valence-corrected chi connectivity index (χ2v) is 5.53.